The second kappa shape index (κ2) is 15.6. The van der Waals surface area contributed by atoms with Gasteiger partial charge in [-0.1, -0.05) is 142 Å². The summed E-state index contributed by atoms with van der Waals surface area (Å²) in [4.78, 5) is 22.4. The van der Waals surface area contributed by atoms with Crippen molar-refractivity contribution in [2.24, 2.45) is 0 Å². The summed E-state index contributed by atoms with van der Waals surface area (Å²) >= 11 is 0. The third-order valence-corrected chi connectivity index (χ3v) is 10.8. The van der Waals surface area contributed by atoms with Crippen molar-refractivity contribution >= 4 is 22.4 Å². The molecule has 281 valence electrons. The zero-order chi connectivity index (χ0) is 37.6. The number of benzene rings is 4. The Morgan fingerprint density at radius 1 is 0.630 bits per heavy atom. The van der Waals surface area contributed by atoms with Crippen LogP contribution in [0.5, 0.6) is 0 Å². The maximum Gasteiger partial charge on any atom is 2.00 e. The number of para-hydroxylation sites is 2. The van der Waals surface area contributed by atoms with Crippen molar-refractivity contribution in [3.8, 4) is 22.6 Å². The number of anilines is 2. The fraction of sp³-hybridized carbons (Fsp3) is 0.319. The Balaban J connectivity index is 0.000000183. The van der Waals surface area contributed by atoms with Gasteiger partial charge in [-0.25, -0.2) is 0 Å². The van der Waals surface area contributed by atoms with E-state index in [0.29, 0.717) is 35.2 Å². The summed E-state index contributed by atoms with van der Waals surface area (Å²) in [6.07, 6.45) is 9.44. The fourth-order valence-electron chi connectivity index (χ4n) is 7.93. The molecule has 0 saturated heterocycles. The van der Waals surface area contributed by atoms with E-state index in [0.717, 1.165) is 11.0 Å². The first kappa shape index (κ1) is 39.0. The third kappa shape index (κ3) is 7.12. The van der Waals surface area contributed by atoms with Crippen LogP contribution < -0.4 is 14.8 Å². The van der Waals surface area contributed by atoms with Crippen molar-refractivity contribution in [1.29, 1.82) is 0 Å². The molecule has 0 bridgehead atoms. The quantitative estimate of drug-likeness (QED) is 0.119. The van der Waals surface area contributed by atoms with Gasteiger partial charge in [0, 0.05) is 29.2 Å². The Kier molecular flexibility index (Phi) is 11.2. The van der Waals surface area contributed by atoms with Crippen molar-refractivity contribution in [2.45, 2.75) is 98.3 Å². The molecule has 0 amide bonds. The summed E-state index contributed by atoms with van der Waals surface area (Å²) in [6, 6.07) is 26.5. The first-order valence-corrected chi connectivity index (χ1v) is 19.1. The van der Waals surface area contributed by atoms with Crippen LogP contribution in [0.3, 0.4) is 0 Å². The Morgan fingerprint density at radius 2 is 1.17 bits per heavy atom. The maximum absolute atomic E-state index is 4.68. The first-order valence-electron chi connectivity index (χ1n) is 19.1. The van der Waals surface area contributed by atoms with Crippen molar-refractivity contribution in [3.05, 3.63) is 144 Å². The zero-order valence-corrected chi connectivity index (χ0v) is 34.1. The second-order valence-electron chi connectivity index (χ2n) is 16.1. The van der Waals surface area contributed by atoms with Crippen molar-refractivity contribution < 1.29 is 17.1 Å². The fourth-order valence-corrected chi connectivity index (χ4v) is 7.93. The molecule has 0 N–H and O–H groups in total. The average Bonchev–Trinajstić information content (AvgIpc) is 3.86. The Morgan fingerprint density at radius 3 is 1.67 bits per heavy atom. The average molecular weight is 765 g/mol. The van der Waals surface area contributed by atoms with Crippen LogP contribution in [0.4, 0.5) is 11.4 Å². The van der Waals surface area contributed by atoms with E-state index >= 15 is 0 Å². The summed E-state index contributed by atoms with van der Waals surface area (Å²) < 4.78 is 0. The van der Waals surface area contributed by atoms with Gasteiger partial charge in [0.05, 0.1) is 11.9 Å². The predicted octanol–water partition coefficient (Wildman–Crippen LogP) is 12.1. The van der Waals surface area contributed by atoms with Gasteiger partial charge in [0.2, 0.25) is 0 Å². The second-order valence-corrected chi connectivity index (χ2v) is 16.1. The Bertz CT molecular complexity index is 2160. The molecule has 1 radical (unpaired) electrons. The molecular formula is C47H52CuN6. The van der Waals surface area contributed by atoms with Crippen molar-refractivity contribution in [2.75, 3.05) is 9.80 Å². The van der Waals surface area contributed by atoms with Crippen LogP contribution in [0, 0.1) is 6.67 Å². The molecule has 8 rings (SSSR count). The van der Waals surface area contributed by atoms with Crippen LogP contribution in [0.25, 0.3) is 33.7 Å². The van der Waals surface area contributed by atoms with E-state index in [1.54, 1.807) is 18.6 Å². The van der Waals surface area contributed by atoms with Crippen LogP contribution in [0.1, 0.15) is 126 Å². The van der Waals surface area contributed by atoms with E-state index in [9.17, 15) is 0 Å². The molecule has 2 aliphatic rings. The molecule has 1 aliphatic heterocycles. The van der Waals surface area contributed by atoms with Crippen LogP contribution in [0.15, 0.2) is 104 Å². The minimum Gasteiger partial charge on any atom is -0.479 e. The summed E-state index contributed by atoms with van der Waals surface area (Å²) in [7, 11) is 0. The van der Waals surface area contributed by atoms with Crippen LogP contribution in [-0.2, 0) is 22.5 Å². The van der Waals surface area contributed by atoms with E-state index in [1.165, 1.54) is 55.9 Å². The summed E-state index contributed by atoms with van der Waals surface area (Å²) in [5.41, 5.74) is 16.0. The number of hydrogen-bond donors (Lipinski definition) is 0. The zero-order valence-electron chi connectivity index (χ0n) is 33.2. The van der Waals surface area contributed by atoms with Crippen molar-refractivity contribution in [1.82, 2.24) is 19.9 Å². The minimum absolute atomic E-state index is 0. The number of imidazole rings is 1. The summed E-state index contributed by atoms with van der Waals surface area (Å²) in [6.45, 7) is 25.1. The van der Waals surface area contributed by atoms with Gasteiger partial charge >= 0.3 is 17.1 Å². The van der Waals surface area contributed by atoms with Crippen LogP contribution >= 0.6 is 0 Å². The van der Waals surface area contributed by atoms with Gasteiger partial charge < -0.3 is 19.8 Å². The molecule has 2 aromatic heterocycles. The Labute approximate surface area is 332 Å². The van der Waals surface area contributed by atoms with E-state index < -0.39 is 0 Å². The SMILES string of the molecule is CC(C)c1cccc(C(C)C)c1N1C=CN(c2c(C(C)C)cccc2C(C)C)[CH-]1.CC1(C)c2ccccc2-c2cc3nc(-c4cnccn4)[n-]c3cc21.[Cu+2]. The molecule has 0 fully saturated rings. The van der Waals surface area contributed by atoms with Gasteiger partial charge in [-0.3, -0.25) is 9.97 Å². The largest absolute Gasteiger partial charge is 2.00 e. The van der Waals surface area contributed by atoms with Crippen LogP contribution in [0.2, 0.25) is 0 Å². The predicted molar refractivity (Wildman–Crippen MR) is 221 cm³/mol. The van der Waals surface area contributed by atoms with Gasteiger partial charge in [-0.05, 0) is 97.4 Å². The molecule has 0 spiro atoms. The van der Waals surface area contributed by atoms with Crippen molar-refractivity contribution in [3.63, 3.8) is 0 Å². The Hall–Kier alpha value is -4.71. The number of fused-ring (bicyclic) bond motifs is 4. The van der Waals surface area contributed by atoms with Gasteiger partial charge in [0.25, 0.3) is 0 Å². The van der Waals surface area contributed by atoms with Gasteiger partial charge in [0.15, 0.2) is 0 Å². The van der Waals surface area contributed by atoms with E-state index in [2.05, 4.69) is 191 Å². The molecule has 7 heteroatoms. The normalized spacial score (nSPS) is 14.2. The minimum atomic E-state index is -0.0220. The molecule has 6 nitrogen and oxygen atoms in total. The molecule has 54 heavy (non-hydrogen) atoms. The molecule has 0 unspecified atom stereocenters. The number of aromatic nitrogens is 4. The van der Waals surface area contributed by atoms with E-state index in [1.807, 2.05) is 0 Å². The maximum atomic E-state index is 4.68. The number of hydrogen-bond acceptors (Lipinski definition) is 5. The van der Waals surface area contributed by atoms with E-state index in [-0.39, 0.29) is 22.5 Å². The standard InChI is InChI=1S/C27H37N2.C20H15N4.Cu/c1-18(2)22-11-9-12-23(19(3)4)26(22)28-15-16-29(17-28)27-24(20(5)6)13-10-14-25(27)21(7)8;1-20(2)14-6-4-3-5-12(14)13-9-16-17(10-15(13)20)24-19(23-16)18-11-21-7-8-22-18;/h9-21H,1-8H3;3-11H,1-2H3;/q2*-1;+2. The molecule has 0 atom stereocenters. The van der Waals surface area contributed by atoms with E-state index in [4.69, 9.17) is 0 Å². The summed E-state index contributed by atoms with van der Waals surface area (Å²) in [5, 5.41) is 0. The monoisotopic (exact) mass is 763 g/mol. The molecule has 0 saturated carbocycles. The first-order chi connectivity index (χ1) is 25.4. The summed E-state index contributed by atoms with van der Waals surface area (Å²) in [5.74, 6) is 2.55. The topological polar surface area (TPSA) is 59.3 Å². The van der Waals surface area contributed by atoms with Crippen LogP contribution in [-0.4, -0.2) is 15.0 Å². The van der Waals surface area contributed by atoms with Gasteiger partial charge in [-0.2, -0.15) is 0 Å². The third-order valence-electron chi connectivity index (χ3n) is 10.8. The molecule has 1 aliphatic carbocycles. The number of nitrogens with zero attached hydrogens (tertiary/aromatic N) is 6. The number of rotatable bonds is 7. The molecular weight excluding hydrogens is 712 g/mol. The molecule has 3 heterocycles. The van der Waals surface area contributed by atoms with Gasteiger partial charge in [-0.15, -0.1) is 6.67 Å². The smallest absolute Gasteiger partial charge is 0.479 e. The van der Waals surface area contributed by atoms with Gasteiger partial charge in [0.1, 0.15) is 0 Å². The molecule has 6 aromatic rings. The molecule has 4 aromatic carbocycles.